The number of benzene rings is 2. The van der Waals surface area contributed by atoms with Gasteiger partial charge in [-0.05, 0) is 30.5 Å². The molecule has 1 amide bonds. The molecule has 8 nitrogen and oxygen atoms in total. The summed E-state index contributed by atoms with van der Waals surface area (Å²) in [4.78, 5) is 28.2. The largest absolute Gasteiger partial charge is 0.496 e. The van der Waals surface area contributed by atoms with Gasteiger partial charge in [-0.3, -0.25) is 19.4 Å². The van der Waals surface area contributed by atoms with Crippen LogP contribution < -0.4 is 9.64 Å². The smallest absolute Gasteiger partial charge is 0.309 e. The zero-order valence-corrected chi connectivity index (χ0v) is 21.8. The zero-order valence-electron chi connectivity index (χ0n) is 20.9. The number of hydrogen-bond donors (Lipinski definition) is 1. The van der Waals surface area contributed by atoms with Crippen LogP contribution in [-0.2, 0) is 22.6 Å². The number of anilines is 1. The third kappa shape index (κ3) is 5.91. The average molecular weight is 509 g/mol. The number of nitrogens with zero attached hydrogens (tertiary/aromatic N) is 4. The summed E-state index contributed by atoms with van der Waals surface area (Å²) in [6.07, 6.45) is 2.07. The number of carboxylic acids is 1. The summed E-state index contributed by atoms with van der Waals surface area (Å²) in [5.74, 6) is -0.311. The predicted octanol–water partition coefficient (Wildman–Crippen LogP) is 4.41. The molecule has 2 heterocycles. The first-order chi connectivity index (χ1) is 17.4. The molecule has 0 spiro atoms. The topological polar surface area (TPSA) is 95.9 Å². The van der Waals surface area contributed by atoms with E-state index < -0.39 is 5.97 Å². The van der Waals surface area contributed by atoms with Crippen LogP contribution >= 0.6 is 11.3 Å². The maximum Gasteiger partial charge on any atom is 0.309 e. The van der Waals surface area contributed by atoms with Crippen LogP contribution in [0.5, 0.6) is 5.75 Å². The Bertz CT molecular complexity index is 1220. The Labute approximate surface area is 215 Å². The Morgan fingerprint density at radius 1 is 1.19 bits per heavy atom. The molecule has 4 rings (SSSR count). The summed E-state index contributed by atoms with van der Waals surface area (Å²) in [5, 5.41) is 19.3. The molecule has 2 aromatic carbocycles. The molecule has 190 valence electrons. The lowest BCUT2D eigenvalue weighted by Gasteiger charge is -2.36. The van der Waals surface area contributed by atoms with Crippen molar-refractivity contribution in [2.24, 2.45) is 5.92 Å². The van der Waals surface area contributed by atoms with Gasteiger partial charge in [0.1, 0.15) is 10.8 Å². The van der Waals surface area contributed by atoms with Gasteiger partial charge in [0.15, 0.2) is 0 Å². The number of unbranched alkanes of at least 4 members (excludes halogenated alkanes) is 1. The van der Waals surface area contributed by atoms with E-state index in [2.05, 4.69) is 34.2 Å². The summed E-state index contributed by atoms with van der Waals surface area (Å²) < 4.78 is 5.42. The van der Waals surface area contributed by atoms with E-state index in [-0.39, 0.29) is 18.2 Å². The first-order valence-electron chi connectivity index (χ1n) is 12.2. The molecule has 1 N–H and O–H groups in total. The van der Waals surface area contributed by atoms with Crippen molar-refractivity contribution in [3.05, 3.63) is 59.2 Å². The first kappa shape index (κ1) is 25.8. The summed E-state index contributed by atoms with van der Waals surface area (Å²) >= 11 is 1.42. The van der Waals surface area contributed by atoms with E-state index in [9.17, 15) is 9.59 Å². The molecule has 36 heavy (non-hydrogen) atoms. The van der Waals surface area contributed by atoms with Crippen LogP contribution in [0, 0.1) is 12.8 Å². The minimum atomic E-state index is -0.723. The second-order valence-electron chi connectivity index (χ2n) is 9.16. The lowest BCUT2D eigenvalue weighted by atomic mass is 9.98. The molecule has 1 aromatic heterocycles. The highest BCUT2D eigenvalue weighted by molar-refractivity contribution is 7.18. The highest BCUT2D eigenvalue weighted by Crippen LogP contribution is 2.32. The Kier molecular flexibility index (Phi) is 8.32. The van der Waals surface area contributed by atoms with Gasteiger partial charge in [-0.25, -0.2) is 0 Å². The normalized spacial score (nSPS) is 13.9. The maximum atomic E-state index is 13.3. The lowest BCUT2D eigenvalue weighted by Crippen LogP contribution is -2.49. The SMILES string of the molecule is CCCCN(C(=O)Cc1ccccc1OC)c1nnc(-c2ccc(CN3CC(C(=O)O)C3)cc2C)s1. The van der Waals surface area contributed by atoms with E-state index in [1.807, 2.05) is 37.3 Å². The van der Waals surface area contributed by atoms with Crippen LogP contribution in [0.15, 0.2) is 42.5 Å². The fraction of sp³-hybridized carbons (Fsp3) is 0.407. The van der Waals surface area contributed by atoms with Crippen molar-refractivity contribution in [3.63, 3.8) is 0 Å². The van der Waals surface area contributed by atoms with Crippen molar-refractivity contribution >= 4 is 28.3 Å². The number of para-hydroxylation sites is 1. The highest BCUT2D eigenvalue weighted by atomic mass is 32.1. The Morgan fingerprint density at radius 2 is 1.97 bits per heavy atom. The number of methoxy groups -OCH3 is 1. The molecule has 3 aromatic rings. The van der Waals surface area contributed by atoms with Gasteiger partial charge in [0.25, 0.3) is 0 Å². The number of aryl methyl sites for hydroxylation is 1. The maximum absolute atomic E-state index is 13.3. The highest BCUT2D eigenvalue weighted by Gasteiger charge is 2.32. The number of carbonyl (C=O) groups is 2. The molecular formula is C27H32N4O4S. The van der Waals surface area contributed by atoms with Gasteiger partial charge in [0, 0.05) is 37.3 Å². The molecule has 1 aliphatic heterocycles. The second-order valence-corrected chi connectivity index (χ2v) is 10.1. The van der Waals surface area contributed by atoms with E-state index in [4.69, 9.17) is 9.84 Å². The molecular weight excluding hydrogens is 476 g/mol. The van der Waals surface area contributed by atoms with Crippen LogP contribution in [-0.4, -0.2) is 58.8 Å². The fourth-order valence-corrected chi connectivity index (χ4v) is 5.34. The van der Waals surface area contributed by atoms with Crippen LogP contribution in [0.4, 0.5) is 5.13 Å². The molecule has 1 saturated heterocycles. The number of amides is 1. The van der Waals surface area contributed by atoms with E-state index >= 15 is 0 Å². The van der Waals surface area contributed by atoms with Gasteiger partial charge in [0.05, 0.1) is 19.4 Å². The Morgan fingerprint density at radius 3 is 2.67 bits per heavy atom. The van der Waals surface area contributed by atoms with Gasteiger partial charge in [-0.2, -0.15) is 0 Å². The van der Waals surface area contributed by atoms with E-state index in [0.29, 0.717) is 30.5 Å². The summed E-state index contributed by atoms with van der Waals surface area (Å²) in [7, 11) is 1.61. The first-order valence-corrected chi connectivity index (χ1v) is 13.0. The summed E-state index contributed by atoms with van der Waals surface area (Å²) in [6, 6.07) is 13.8. The second kappa shape index (κ2) is 11.6. The molecule has 1 fully saturated rings. The van der Waals surface area contributed by atoms with E-state index in [1.165, 1.54) is 11.3 Å². The third-order valence-electron chi connectivity index (χ3n) is 6.45. The predicted molar refractivity (Wildman–Crippen MR) is 140 cm³/mol. The third-order valence-corrected chi connectivity index (χ3v) is 7.43. The van der Waals surface area contributed by atoms with Crippen molar-refractivity contribution in [1.29, 1.82) is 0 Å². The van der Waals surface area contributed by atoms with Gasteiger partial charge in [-0.15, -0.1) is 10.2 Å². The number of aliphatic carboxylic acids is 1. The Hall–Kier alpha value is -3.30. The van der Waals surface area contributed by atoms with Crippen molar-refractivity contribution in [3.8, 4) is 16.3 Å². The number of carboxylic acid groups (broad SMARTS) is 1. The van der Waals surface area contributed by atoms with Crippen molar-refractivity contribution in [2.45, 2.75) is 39.7 Å². The van der Waals surface area contributed by atoms with E-state index in [0.717, 1.165) is 46.6 Å². The lowest BCUT2D eigenvalue weighted by molar-refractivity contribution is -0.147. The van der Waals surface area contributed by atoms with Crippen molar-refractivity contribution in [2.75, 3.05) is 31.6 Å². The summed E-state index contributed by atoms with van der Waals surface area (Å²) in [6.45, 7) is 6.64. The standard InChI is InChI=1S/C27H32N4O4S/c1-4-5-12-31(24(32)14-20-8-6-7-9-23(20)35-3)27-29-28-25(36-27)22-11-10-19(13-18(22)2)15-30-16-21(17-30)26(33)34/h6-11,13,21H,4-5,12,14-17H2,1-3H3,(H,33,34). The van der Waals surface area contributed by atoms with Crippen LogP contribution in [0.25, 0.3) is 10.6 Å². The number of rotatable bonds is 11. The van der Waals surface area contributed by atoms with Crippen molar-refractivity contribution < 1.29 is 19.4 Å². The minimum absolute atomic E-state index is 0.0306. The van der Waals surface area contributed by atoms with Gasteiger partial charge in [-0.1, -0.05) is 61.1 Å². The molecule has 0 bridgehead atoms. The Balaban J connectivity index is 1.48. The number of likely N-dealkylation sites (tertiary alicyclic amines) is 1. The molecule has 9 heteroatoms. The number of ether oxygens (including phenoxy) is 1. The molecule has 0 saturated carbocycles. The van der Waals surface area contributed by atoms with Crippen LogP contribution in [0.3, 0.4) is 0 Å². The monoisotopic (exact) mass is 508 g/mol. The van der Waals surface area contributed by atoms with Gasteiger partial charge < -0.3 is 9.84 Å². The minimum Gasteiger partial charge on any atom is -0.496 e. The molecule has 0 unspecified atom stereocenters. The fourth-order valence-electron chi connectivity index (χ4n) is 4.36. The number of carbonyl (C=O) groups excluding carboxylic acids is 1. The summed E-state index contributed by atoms with van der Waals surface area (Å²) in [5.41, 5.74) is 4.05. The quantitative estimate of drug-likeness (QED) is 0.410. The molecule has 1 aliphatic rings. The van der Waals surface area contributed by atoms with Crippen molar-refractivity contribution in [1.82, 2.24) is 15.1 Å². The van der Waals surface area contributed by atoms with Gasteiger partial charge >= 0.3 is 5.97 Å². The molecule has 0 radical (unpaired) electrons. The van der Waals surface area contributed by atoms with Gasteiger partial charge in [0.2, 0.25) is 11.0 Å². The van der Waals surface area contributed by atoms with E-state index in [1.54, 1.807) is 12.0 Å². The van der Waals surface area contributed by atoms with Crippen LogP contribution in [0.1, 0.15) is 36.5 Å². The molecule has 0 atom stereocenters. The van der Waals surface area contributed by atoms with Crippen LogP contribution in [0.2, 0.25) is 0 Å². The molecule has 0 aliphatic carbocycles. The average Bonchev–Trinajstić information content (AvgIpc) is 3.31. The number of aromatic nitrogens is 2. The zero-order chi connectivity index (χ0) is 25.7. The number of hydrogen-bond acceptors (Lipinski definition) is 7.